The van der Waals surface area contributed by atoms with Gasteiger partial charge in [0.2, 0.25) is 5.91 Å². The van der Waals surface area contributed by atoms with E-state index < -0.39 is 0 Å². The lowest BCUT2D eigenvalue weighted by Crippen LogP contribution is -2.14. The molecule has 1 amide bonds. The van der Waals surface area contributed by atoms with Gasteiger partial charge in [0.25, 0.3) is 0 Å². The van der Waals surface area contributed by atoms with Gasteiger partial charge in [-0.1, -0.05) is 31.2 Å². The van der Waals surface area contributed by atoms with Crippen LogP contribution in [0.3, 0.4) is 0 Å². The van der Waals surface area contributed by atoms with E-state index in [2.05, 4.69) is 21.2 Å². The molecular formula is C16H17BrN2O. The van der Waals surface area contributed by atoms with Crippen LogP contribution in [0.2, 0.25) is 0 Å². The van der Waals surface area contributed by atoms with Gasteiger partial charge < -0.3 is 11.1 Å². The zero-order valence-corrected chi connectivity index (χ0v) is 12.9. The number of nitrogens with one attached hydrogen (secondary N) is 1. The number of nitrogen functional groups attached to an aromatic ring is 1. The second-order valence-electron chi connectivity index (χ2n) is 4.80. The minimum atomic E-state index is 0.00113. The number of hydrogen-bond donors (Lipinski definition) is 2. The largest absolute Gasteiger partial charge is 0.399 e. The number of para-hydroxylation sites is 1. The quantitative estimate of drug-likeness (QED) is 0.826. The summed E-state index contributed by atoms with van der Waals surface area (Å²) in [6, 6.07) is 15.2. The highest BCUT2D eigenvalue weighted by Crippen LogP contribution is 2.24. The van der Waals surface area contributed by atoms with Crippen molar-refractivity contribution in [1.82, 2.24) is 0 Å². The van der Waals surface area contributed by atoms with Gasteiger partial charge in [-0.25, -0.2) is 0 Å². The third-order valence-electron chi connectivity index (χ3n) is 3.15. The van der Waals surface area contributed by atoms with E-state index in [4.69, 9.17) is 5.73 Å². The zero-order chi connectivity index (χ0) is 14.5. The first kappa shape index (κ1) is 14.6. The Morgan fingerprint density at radius 2 is 1.85 bits per heavy atom. The molecule has 104 valence electrons. The van der Waals surface area contributed by atoms with E-state index in [1.165, 1.54) is 0 Å². The zero-order valence-electron chi connectivity index (χ0n) is 11.3. The van der Waals surface area contributed by atoms with Gasteiger partial charge in [-0.15, -0.1) is 0 Å². The van der Waals surface area contributed by atoms with E-state index in [1.54, 1.807) is 0 Å². The van der Waals surface area contributed by atoms with E-state index in [0.29, 0.717) is 6.42 Å². The molecule has 0 bridgehead atoms. The van der Waals surface area contributed by atoms with E-state index >= 15 is 0 Å². The minimum absolute atomic E-state index is 0.00113. The predicted octanol–water partition coefficient (Wildman–Crippen LogP) is 4.16. The van der Waals surface area contributed by atoms with Crippen molar-refractivity contribution in [2.45, 2.75) is 19.3 Å². The molecule has 0 aliphatic carbocycles. The molecular weight excluding hydrogens is 316 g/mol. The molecule has 0 aliphatic rings. The lowest BCUT2D eigenvalue weighted by atomic mass is 9.97. The van der Waals surface area contributed by atoms with Crippen LogP contribution >= 0.6 is 15.9 Å². The van der Waals surface area contributed by atoms with E-state index in [-0.39, 0.29) is 11.8 Å². The third-order valence-corrected chi connectivity index (χ3v) is 3.84. The Morgan fingerprint density at radius 1 is 1.20 bits per heavy atom. The SMILES string of the molecule is CC(CC(=O)Nc1ccccc1Br)c1ccc(N)cc1. The maximum Gasteiger partial charge on any atom is 0.225 e. The standard InChI is InChI=1S/C16H17BrN2O/c1-11(12-6-8-13(18)9-7-12)10-16(20)19-15-5-3-2-4-14(15)17/h2-9,11H,10,18H2,1H3,(H,19,20). The summed E-state index contributed by atoms with van der Waals surface area (Å²) in [6.45, 7) is 2.03. The lowest BCUT2D eigenvalue weighted by Gasteiger charge is -2.13. The summed E-state index contributed by atoms with van der Waals surface area (Å²) in [6.07, 6.45) is 0.436. The van der Waals surface area contributed by atoms with Gasteiger partial charge >= 0.3 is 0 Å². The number of carbonyl (C=O) groups is 1. The van der Waals surface area contributed by atoms with Gasteiger partial charge in [-0.05, 0) is 51.7 Å². The molecule has 0 fully saturated rings. The van der Waals surface area contributed by atoms with Gasteiger partial charge in [0.05, 0.1) is 5.69 Å². The molecule has 2 aromatic carbocycles. The fourth-order valence-corrected chi connectivity index (χ4v) is 2.37. The summed E-state index contributed by atoms with van der Waals surface area (Å²) in [4.78, 5) is 12.1. The van der Waals surface area contributed by atoms with Crippen molar-refractivity contribution in [3.05, 3.63) is 58.6 Å². The smallest absolute Gasteiger partial charge is 0.225 e. The monoisotopic (exact) mass is 332 g/mol. The summed E-state index contributed by atoms with van der Waals surface area (Å²) < 4.78 is 0.883. The number of benzene rings is 2. The van der Waals surface area contributed by atoms with Crippen LogP contribution in [0.4, 0.5) is 11.4 Å². The Labute approximate surface area is 127 Å². The van der Waals surface area contributed by atoms with Gasteiger partial charge in [-0.3, -0.25) is 4.79 Å². The molecule has 4 heteroatoms. The molecule has 0 saturated heterocycles. The van der Waals surface area contributed by atoms with Crippen molar-refractivity contribution < 1.29 is 4.79 Å². The molecule has 0 aromatic heterocycles. The summed E-state index contributed by atoms with van der Waals surface area (Å²) in [5.74, 6) is 0.152. The molecule has 0 radical (unpaired) electrons. The Hall–Kier alpha value is -1.81. The molecule has 2 rings (SSSR count). The number of anilines is 2. The molecule has 2 aromatic rings. The Balaban J connectivity index is 1.98. The molecule has 3 N–H and O–H groups in total. The van der Waals surface area contributed by atoms with Crippen molar-refractivity contribution in [1.29, 1.82) is 0 Å². The van der Waals surface area contributed by atoms with Crippen LogP contribution < -0.4 is 11.1 Å². The highest BCUT2D eigenvalue weighted by Gasteiger charge is 2.12. The Morgan fingerprint density at radius 3 is 2.50 bits per heavy atom. The van der Waals surface area contributed by atoms with Crippen molar-refractivity contribution in [3.63, 3.8) is 0 Å². The summed E-state index contributed by atoms with van der Waals surface area (Å²) in [5, 5.41) is 2.91. The first-order valence-corrected chi connectivity index (χ1v) is 7.25. The minimum Gasteiger partial charge on any atom is -0.399 e. The molecule has 0 heterocycles. The van der Waals surface area contributed by atoms with Crippen molar-refractivity contribution in [2.75, 3.05) is 11.1 Å². The fourth-order valence-electron chi connectivity index (χ4n) is 1.98. The van der Waals surface area contributed by atoms with Gasteiger partial charge in [0, 0.05) is 16.6 Å². The maximum atomic E-state index is 12.1. The molecule has 0 spiro atoms. The van der Waals surface area contributed by atoms with E-state index in [1.807, 2.05) is 55.5 Å². The maximum absolute atomic E-state index is 12.1. The van der Waals surface area contributed by atoms with Crippen molar-refractivity contribution in [2.24, 2.45) is 0 Å². The Kier molecular flexibility index (Phi) is 4.79. The average molecular weight is 333 g/mol. The van der Waals surface area contributed by atoms with Crippen LogP contribution in [0, 0.1) is 0 Å². The fraction of sp³-hybridized carbons (Fsp3) is 0.188. The second-order valence-corrected chi connectivity index (χ2v) is 5.65. The lowest BCUT2D eigenvalue weighted by molar-refractivity contribution is -0.116. The van der Waals surface area contributed by atoms with Crippen LogP contribution in [0.15, 0.2) is 53.0 Å². The van der Waals surface area contributed by atoms with Gasteiger partial charge in [0.15, 0.2) is 0 Å². The number of hydrogen-bond acceptors (Lipinski definition) is 2. The second kappa shape index (κ2) is 6.57. The molecule has 0 aliphatic heterocycles. The number of amides is 1. The number of nitrogens with two attached hydrogens (primary N) is 1. The first-order valence-electron chi connectivity index (χ1n) is 6.46. The van der Waals surface area contributed by atoms with Crippen LogP contribution in [0.25, 0.3) is 0 Å². The van der Waals surface area contributed by atoms with Crippen LogP contribution in [0.1, 0.15) is 24.8 Å². The molecule has 1 unspecified atom stereocenters. The molecule has 1 atom stereocenters. The normalized spacial score (nSPS) is 11.9. The highest BCUT2D eigenvalue weighted by atomic mass is 79.9. The number of halogens is 1. The van der Waals surface area contributed by atoms with Crippen molar-refractivity contribution >= 4 is 33.2 Å². The molecule has 3 nitrogen and oxygen atoms in total. The van der Waals surface area contributed by atoms with E-state index in [0.717, 1.165) is 21.4 Å². The average Bonchev–Trinajstić information content (AvgIpc) is 2.42. The summed E-state index contributed by atoms with van der Waals surface area (Å²) in [5.41, 5.74) is 8.30. The van der Waals surface area contributed by atoms with E-state index in [9.17, 15) is 4.79 Å². The van der Waals surface area contributed by atoms with Crippen molar-refractivity contribution in [3.8, 4) is 0 Å². The van der Waals surface area contributed by atoms with Gasteiger partial charge in [-0.2, -0.15) is 0 Å². The summed E-state index contributed by atoms with van der Waals surface area (Å²) in [7, 11) is 0. The molecule has 0 saturated carbocycles. The highest BCUT2D eigenvalue weighted by molar-refractivity contribution is 9.10. The predicted molar refractivity (Wildman–Crippen MR) is 86.7 cm³/mol. The number of carbonyl (C=O) groups excluding carboxylic acids is 1. The molecule has 20 heavy (non-hydrogen) atoms. The third kappa shape index (κ3) is 3.84. The number of rotatable bonds is 4. The Bertz CT molecular complexity index is 596. The van der Waals surface area contributed by atoms with Gasteiger partial charge in [0.1, 0.15) is 0 Å². The van der Waals surface area contributed by atoms with Crippen LogP contribution in [-0.2, 0) is 4.79 Å². The van der Waals surface area contributed by atoms with Crippen LogP contribution in [-0.4, -0.2) is 5.91 Å². The van der Waals surface area contributed by atoms with Crippen LogP contribution in [0.5, 0.6) is 0 Å². The topological polar surface area (TPSA) is 55.1 Å². The summed E-state index contributed by atoms with van der Waals surface area (Å²) >= 11 is 3.42. The first-order chi connectivity index (χ1) is 9.56.